The molecule has 0 unspecified atom stereocenters. The second kappa shape index (κ2) is 6.63. The van der Waals surface area contributed by atoms with Gasteiger partial charge >= 0.3 is 0 Å². The Morgan fingerprint density at radius 3 is 2.54 bits per heavy atom. The Hall–Kier alpha value is -1.76. The minimum absolute atomic E-state index is 0.224. The molecular weight excluding hydrogens is 329 g/mol. The molecule has 0 spiro atoms. The van der Waals surface area contributed by atoms with E-state index in [1.165, 1.54) is 16.4 Å². The Morgan fingerprint density at radius 1 is 1.12 bits per heavy atom. The molecule has 3 rings (SSSR count). The Labute approximate surface area is 141 Å². The molecule has 6 heteroatoms. The third-order valence-corrected chi connectivity index (χ3v) is 6.24. The van der Waals surface area contributed by atoms with Crippen LogP contribution in [0.3, 0.4) is 0 Å². The molecule has 1 fully saturated rings. The number of hydrogen-bond donors (Lipinski definition) is 0. The van der Waals surface area contributed by atoms with Crippen molar-refractivity contribution in [2.45, 2.75) is 24.8 Å². The summed E-state index contributed by atoms with van der Waals surface area (Å²) in [6.07, 6.45) is -0.390. The second-order valence-corrected chi connectivity index (χ2v) is 7.95. The minimum Gasteiger partial charge on any atom is -0.371 e. The van der Waals surface area contributed by atoms with Gasteiger partial charge in [-0.1, -0.05) is 24.3 Å². The number of rotatable bonds is 3. The quantitative estimate of drug-likeness (QED) is 0.855. The molecule has 1 heterocycles. The number of hydrogen-bond acceptors (Lipinski definition) is 3. The van der Waals surface area contributed by atoms with Crippen molar-refractivity contribution in [3.05, 3.63) is 65.0 Å². The van der Waals surface area contributed by atoms with E-state index in [0.717, 1.165) is 16.7 Å². The van der Waals surface area contributed by atoms with E-state index in [-0.39, 0.29) is 18.5 Å². The summed E-state index contributed by atoms with van der Waals surface area (Å²) in [4.78, 5) is 0.335. The lowest BCUT2D eigenvalue weighted by Crippen LogP contribution is -2.42. The lowest BCUT2D eigenvalue weighted by Gasteiger charge is -2.32. The molecule has 24 heavy (non-hydrogen) atoms. The van der Waals surface area contributed by atoms with E-state index in [4.69, 9.17) is 4.74 Å². The van der Waals surface area contributed by atoms with Crippen molar-refractivity contribution < 1.29 is 17.5 Å². The maximum absolute atomic E-state index is 13.1. The first-order valence-corrected chi connectivity index (χ1v) is 9.26. The molecule has 2 aromatic rings. The van der Waals surface area contributed by atoms with Crippen LogP contribution in [-0.2, 0) is 14.8 Å². The monoisotopic (exact) mass is 349 g/mol. The van der Waals surface area contributed by atoms with Crippen molar-refractivity contribution >= 4 is 10.0 Å². The van der Waals surface area contributed by atoms with Crippen molar-refractivity contribution in [3.63, 3.8) is 0 Å². The third-order valence-electron chi connectivity index (χ3n) is 4.23. The first-order valence-electron chi connectivity index (χ1n) is 7.82. The Morgan fingerprint density at radius 2 is 1.83 bits per heavy atom. The molecular formula is C18H20FNO3S. The minimum atomic E-state index is -3.59. The summed E-state index contributed by atoms with van der Waals surface area (Å²) in [7, 11) is -3.59. The van der Waals surface area contributed by atoms with E-state index in [2.05, 4.69) is 0 Å². The highest BCUT2D eigenvalue weighted by Crippen LogP contribution is 2.28. The fourth-order valence-electron chi connectivity index (χ4n) is 2.85. The van der Waals surface area contributed by atoms with Crippen LogP contribution in [-0.4, -0.2) is 32.4 Å². The summed E-state index contributed by atoms with van der Waals surface area (Å²) in [5, 5.41) is 0. The largest absolute Gasteiger partial charge is 0.371 e. The number of aryl methyl sites for hydroxylation is 2. The van der Waals surface area contributed by atoms with Crippen molar-refractivity contribution in [3.8, 4) is 0 Å². The van der Waals surface area contributed by atoms with E-state index in [1.54, 1.807) is 25.1 Å². The van der Waals surface area contributed by atoms with Crippen LogP contribution in [0, 0.1) is 19.7 Å². The SMILES string of the molecule is Cc1ccc(C)c(S(=O)(=O)N2CCO[C@H](c3ccc(F)cc3)C2)c1. The summed E-state index contributed by atoms with van der Waals surface area (Å²) in [5.74, 6) is -0.325. The molecule has 0 aromatic heterocycles. The normalized spacial score (nSPS) is 19.4. The summed E-state index contributed by atoms with van der Waals surface area (Å²) in [6.45, 7) is 4.52. The van der Waals surface area contributed by atoms with E-state index >= 15 is 0 Å². The van der Waals surface area contributed by atoms with Gasteiger partial charge in [0.25, 0.3) is 0 Å². The van der Waals surface area contributed by atoms with Gasteiger partial charge in [-0.05, 0) is 48.7 Å². The first-order chi connectivity index (χ1) is 11.4. The fourth-order valence-corrected chi connectivity index (χ4v) is 4.58. The molecule has 0 aliphatic carbocycles. The van der Waals surface area contributed by atoms with Crippen molar-refractivity contribution in [1.82, 2.24) is 4.31 Å². The lowest BCUT2D eigenvalue weighted by atomic mass is 10.1. The van der Waals surface area contributed by atoms with Gasteiger partial charge in [-0.25, -0.2) is 12.8 Å². The maximum atomic E-state index is 13.1. The highest BCUT2D eigenvalue weighted by molar-refractivity contribution is 7.89. The molecule has 1 saturated heterocycles. The molecule has 0 bridgehead atoms. The molecule has 0 amide bonds. The van der Waals surface area contributed by atoms with Gasteiger partial charge in [0.2, 0.25) is 10.0 Å². The van der Waals surface area contributed by atoms with Crippen LogP contribution in [0.1, 0.15) is 22.8 Å². The van der Waals surface area contributed by atoms with Crippen LogP contribution in [0.15, 0.2) is 47.4 Å². The molecule has 1 atom stereocenters. The summed E-state index contributed by atoms with van der Waals surface area (Å²) >= 11 is 0. The number of sulfonamides is 1. The summed E-state index contributed by atoms with van der Waals surface area (Å²) in [6, 6.07) is 11.4. The fraction of sp³-hybridized carbons (Fsp3) is 0.333. The molecule has 0 saturated carbocycles. The van der Waals surface area contributed by atoms with Crippen molar-refractivity contribution in [1.29, 1.82) is 0 Å². The Kier molecular flexibility index (Phi) is 4.71. The smallest absolute Gasteiger partial charge is 0.243 e. The van der Waals surface area contributed by atoms with Gasteiger partial charge in [0, 0.05) is 13.1 Å². The molecule has 0 radical (unpaired) electrons. The third kappa shape index (κ3) is 3.36. The molecule has 4 nitrogen and oxygen atoms in total. The molecule has 1 aliphatic heterocycles. The number of morpholine rings is 1. The van der Waals surface area contributed by atoms with E-state index in [1.807, 2.05) is 19.1 Å². The van der Waals surface area contributed by atoms with Gasteiger partial charge in [-0.15, -0.1) is 0 Å². The molecule has 0 N–H and O–H groups in total. The average Bonchev–Trinajstić information content (AvgIpc) is 2.58. The van der Waals surface area contributed by atoms with E-state index in [9.17, 15) is 12.8 Å². The van der Waals surface area contributed by atoms with Gasteiger partial charge < -0.3 is 4.74 Å². The van der Waals surface area contributed by atoms with Crippen molar-refractivity contribution in [2.75, 3.05) is 19.7 Å². The van der Waals surface area contributed by atoms with Crippen LogP contribution in [0.4, 0.5) is 4.39 Å². The standard InChI is InChI=1S/C18H20FNO3S/c1-13-3-4-14(2)18(11-13)24(21,22)20-9-10-23-17(12-20)15-5-7-16(19)8-6-15/h3-8,11,17H,9-10,12H2,1-2H3/t17-/m0/s1. The van der Waals surface area contributed by atoms with Gasteiger partial charge in [0.15, 0.2) is 0 Å². The molecule has 2 aromatic carbocycles. The average molecular weight is 349 g/mol. The summed E-state index contributed by atoms with van der Waals surface area (Å²) in [5.41, 5.74) is 2.41. The van der Waals surface area contributed by atoms with Gasteiger partial charge in [0.1, 0.15) is 5.82 Å². The number of ether oxygens (including phenoxy) is 1. The topological polar surface area (TPSA) is 46.6 Å². The van der Waals surface area contributed by atoms with Gasteiger partial charge in [-0.3, -0.25) is 0 Å². The van der Waals surface area contributed by atoms with E-state index in [0.29, 0.717) is 18.0 Å². The number of halogens is 1. The van der Waals surface area contributed by atoms with Crippen LogP contribution in [0.2, 0.25) is 0 Å². The van der Waals surface area contributed by atoms with Crippen LogP contribution in [0.25, 0.3) is 0 Å². The van der Waals surface area contributed by atoms with Gasteiger partial charge in [0.05, 0.1) is 17.6 Å². The van der Waals surface area contributed by atoms with Crippen LogP contribution in [0.5, 0.6) is 0 Å². The highest BCUT2D eigenvalue weighted by atomic mass is 32.2. The Balaban J connectivity index is 1.88. The zero-order valence-corrected chi connectivity index (χ0v) is 14.5. The zero-order valence-electron chi connectivity index (χ0n) is 13.7. The number of nitrogens with zero attached hydrogens (tertiary/aromatic N) is 1. The van der Waals surface area contributed by atoms with Crippen molar-refractivity contribution in [2.24, 2.45) is 0 Å². The maximum Gasteiger partial charge on any atom is 0.243 e. The van der Waals surface area contributed by atoms with E-state index < -0.39 is 10.0 Å². The second-order valence-electron chi connectivity index (χ2n) is 6.04. The molecule has 128 valence electrons. The zero-order chi connectivity index (χ0) is 17.3. The summed E-state index contributed by atoms with van der Waals surface area (Å²) < 4.78 is 46.2. The Bertz CT molecular complexity index is 834. The van der Waals surface area contributed by atoms with Gasteiger partial charge in [-0.2, -0.15) is 4.31 Å². The number of benzene rings is 2. The first kappa shape index (κ1) is 17.1. The van der Waals surface area contributed by atoms with Crippen LogP contribution < -0.4 is 0 Å². The molecule has 1 aliphatic rings. The highest BCUT2D eigenvalue weighted by Gasteiger charge is 2.32. The lowest BCUT2D eigenvalue weighted by molar-refractivity contribution is -0.00259. The predicted molar refractivity (Wildman–Crippen MR) is 89.8 cm³/mol. The van der Waals surface area contributed by atoms with Crippen LogP contribution >= 0.6 is 0 Å². The predicted octanol–water partition coefficient (Wildman–Crippen LogP) is 3.20.